The second-order valence-corrected chi connectivity index (χ2v) is 6.27. The van der Waals surface area contributed by atoms with Crippen LogP contribution in [0.5, 0.6) is 0 Å². The Bertz CT molecular complexity index is 536. The van der Waals surface area contributed by atoms with E-state index in [0.717, 1.165) is 18.6 Å². The largest absolute Gasteiger partial charge is 0.316 e. The third kappa shape index (κ3) is 4.69. The topological polar surface area (TPSA) is 29.9 Å². The zero-order chi connectivity index (χ0) is 14.4. The molecule has 0 amide bonds. The average Bonchev–Trinajstić information content (AvgIpc) is 2.85. The molecule has 4 heteroatoms. The molecule has 1 heterocycles. The van der Waals surface area contributed by atoms with Crippen LogP contribution < -0.4 is 5.32 Å². The number of aromatic nitrogens is 2. The highest BCUT2D eigenvalue weighted by molar-refractivity contribution is 7.99. The van der Waals surface area contributed by atoms with Gasteiger partial charge in [0.05, 0.1) is 6.20 Å². The first-order valence-electron chi connectivity index (χ1n) is 7.01. The summed E-state index contributed by atoms with van der Waals surface area (Å²) in [6, 6.07) is 9.23. The average molecular weight is 289 g/mol. The highest BCUT2D eigenvalue weighted by Crippen LogP contribution is 2.20. The molecule has 108 valence electrons. The quantitative estimate of drug-likeness (QED) is 0.795. The molecule has 0 aliphatic heterocycles. The van der Waals surface area contributed by atoms with Crippen molar-refractivity contribution >= 4 is 11.8 Å². The Morgan fingerprint density at radius 1 is 1.40 bits per heavy atom. The third-order valence-electron chi connectivity index (χ3n) is 3.39. The SMILES string of the molecule is CNC(CCc1cnn(C)c1)CSc1cccc(C)c1. The summed E-state index contributed by atoms with van der Waals surface area (Å²) in [5.74, 6) is 1.10. The van der Waals surface area contributed by atoms with Crippen LogP contribution in [0, 0.1) is 6.92 Å². The van der Waals surface area contributed by atoms with Gasteiger partial charge in [-0.3, -0.25) is 4.68 Å². The van der Waals surface area contributed by atoms with Crippen molar-refractivity contribution in [3.8, 4) is 0 Å². The summed E-state index contributed by atoms with van der Waals surface area (Å²) in [6.45, 7) is 2.14. The van der Waals surface area contributed by atoms with Gasteiger partial charge in [0.25, 0.3) is 0 Å². The number of benzene rings is 1. The van der Waals surface area contributed by atoms with E-state index in [4.69, 9.17) is 0 Å². The van der Waals surface area contributed by atoms with Crippen molar-refractivity contribution in [1.29, 1.82) is 0 Å². The van der Waals surface area contributed by atoms with Gasteiger partial charge in [0.2, 0.25) is 0 Å². The Kier molecular flexibility index (Phi) is 5.68. The monoisotopic (exact) mass is 289 g/mol. The molecule has 1 aromatic heterocycles. The molecule has 1 N–H and O–H groups in total. The van der Waals surface area contributed by atoms with Crippen molar-refractivity contribution in [2.45, 2.75) is 30.7 Å². The van der Waals surface area contributed by atoms with Gasteiger partial charge < -0.3 is 5.32 Å². The van der Waals surface area contributed by atoms with Crippen LogP contribution >= 0.6 is 11.8 Å². The van der Waals surface area contributed by atoms with Gasteiger partial charge in [0.15, 0.2) is 0 Å². The molecule has 1 atom stereocenters. The predicted molar refractivity (Wildman–Crippen MR) is 86.3 cm³/mol. The minimum atomic E-state index is 0.528. The van der Waals surface area contributed by atoms with Gasteiger partial charge in [0, 0.05) is 29.9 Å². The summed E-state index contributed by atoms with van der Waals surface area (Å²) >= 11 is 1.92. The van der Waals surface area contributed by atoms with E-state index >= 15 is 0 Å². The van der Waals surface area contributed by atoms with E-state index in [0.29, 0.717) is 6.04 Å². The lowest BCUT2D eigenvalue weighted by Crippen LogP contribution is -2.28. The summed E-state index contributed by atoms with van der Waals surface area (Å²) in [6.07, 6.45) is 6.27. The number of rotatable bonds is 7. The van der Waals surface area contributed by atoms with Crippen LogP contribution in [0.25, 0.3) is 0 Å². The fourth-order valence-electron chi connectivity index (χ4n) is 2.15. The molecule has 1 unspecified atom stereocenters. The molecular weight excluding hydrogens is 266 g/mol. The number of nitrogens with one attached hydrogen (secondary N) is 1. The van der Waals surface area contributed by atoms with Crippen molar-refractivity contribution in [3.63, 3.8) is 0 Å². The highest BCUT2D eigenvalue weighted by atomic mass is 32.2. The number of hydrogen-bond donors (Lipinski definition) is 1. The number of hydrogen-bond acceptors (Lipinski definition) is 3. The minimum Gasteiger partial charge on any atom is -0.316 e. The fraction of sp³-hybridized carbons (Fsp3) is 0.438. The molecule has 3 nitrogen and oxygen atoms in total. The van der Waals surface area contributed by atoms with Crippen LogP contribution in [-0.4, -0.2) is 28.6 Å². The fourth-order valence-corrected chi connectivity index (χ4v) is 3.33. The molecule has 0 saturated carbocycles. The number of nitrogens with zero attached hydrogens (tertiary/aromatic N) is 2. The summed E-state index contributed by atoms with van der Waals surface area (Å²) in [7, 11) is 4.01. The van der Waals surface area contributed by atoms with Gasteiger partial charge in [-0.05, 0) is 44.5 Å². The molecule has 0 radical (unpaired) electrons. The Balaban J connectivity index is 1.80. The minimum absolute atomic E-state index is 0.528. The van der Waals surface area contributed by atoms with E-state index in [1.165, 1.54) is 16.0 Å². The standard InChI is InChI=1S/C16H23N3S/c1-13-5-4-6-16(9-13)20-12-15(17-2)8-7-14-10-18-19(3)11-14/h4-6,9-11,15,17H,7-8,12H2,1-3H3. The van der Waals surface area contributed by atoms with Gasteiger partial charge in [-0.25, -0.2) is 0 Å². The summed E-state index contributed by atoms with van der Waals surface area (Å²) in [5.41, 5.74) is 2.64. The van der Waals surface area contributed by atoms with Crippen LogP contribution in [0.3, 0.4) is 0 Å². The van der Waals surface area contributed by atoms with Gasteiger partial charge in [-0.15, -0.1) is 11.8 Å². The number of thioether (sulfide) groups is 1. The molecule has 2 rings (SSSR count). The second kappa shape index (κ2) is 7.50. The molecule has 0 aliphatic carbocycles. The lowest BCUT2D eigenvalue weighted by atomic mass is 10.1. The van der Waals surface area contributed by atoms with Crippen LogP contribution in [0.1, 0.15) is 17.5 Å². The summed E-state index contributed by atoms with van der Waals surface area (Å²) in [4.78, 5) is 1.35. The van der Waals surface area contributed by atoms with Crippen LogP contribution in [0.15, 0.2) is 41.6 Å². The van der Waals surface area contributed by atoms with Crippen LogP contribution in [0.2, 0.25) is 0 Å². The lowest BCUT2D eigenvalue weighted by molar-refractivity contribution is 0.572. The van der Waals surface area contributed by atoms with E-state index in [1.54, 1.807) is 0 Å². The third-order valence-corrected chi connectivity index (χ3v) is 4.55. The molecule has 2 aromatic rings. The smallest absolute Gasteiger partial charge is 0.0521 e. The van der Waals surface area contributed by atoms with Gasteiger partial charge >= 0.3 is 0 Å². The van der Waals surface area contributed by atoms with Crippen LogP contribution in [-0.2, 0) is 13.5 Å². The molecule has 20 heavy (non-hydrogen) atoms. The zero-order valence-electron chi connectivity index (χ0n) is 12.5. The molecule has 0 fully saturated rings. The van der Waals surface area contributed by atoms with Gasteiger partial charge in [-0.1, -0.05) is 17.7 Å². The van der Waals surface area contributed by atoms with Crippen molar-refractivity contribution in [2.24, 2.45) is 7.05 Å². The van der Waals surface area contributed by atoms with Crippen molar-refractivity contribution in [2.75, 3.05) is 12.8 Å². The first-order valence-corrected chi connectivity index (χ1v) is 8.00. The highest BCUT2D eigenvalue weighted by Gasteiger charge is 2.08. The Morgan fingerprint density at radius 2 is 2.25 bits per heavy atom. The van der Waals surface area contributed by atoms with Gasteiger partial charge in [-0.2, -0.15) is 5.10 Å². The first-order chi connectivity index (χ1) is 9.67. The number of aryl methyl sites for hydroxylation is 3. The van der Waals surface area contributed by atoms with E-state index in [-0.39, 0.29) is 0 Å². The molecular formula is C16H23N3S. The first kappa shape index (κ1) is 15.1. The van der Waals surface area contributed by atoms with Crippen molar-refractivity contribution in [1.82, 2.24) is 15.1 Å². The maximum atomic E-state index is 4.21. The van der Waals surface area contributed by atoms with E-state index in [2.05, 4.69) is 47.8 Å². The maximum Gasteiger partial charge on any atom is 0.0521 e. The zero-order valence-corrected chi connectivity index (χ0v) is 13.3. The molecule has 0 aliphatic rings. The molecule has 0 saturated heterocycles. The van der Waals surface area contributed by atoms with E-state index in [1.807, 2.05) is 36.7 Å². The normalized spacial score (nSPS) is 12.6. The Hall–Kier alpha value is -1.26. The summed E-state index contributed by atoms with van der Waals surface area (Å²) < 4.78 is 1.87. The molecule has 0 spiro atoms. The van der Waals surface area contributed by atoms with Crippen LogP contribution in [0.4, 0.5) is 0 Å². The van der Waals surface area contributed by atoms with Crippen molar-refractivity contribution in [3.05, 3.63) is 47.8 Å². The van der Waals surface area contributed by atoms with E-state index in [9.17, 15) is 0 Å². The van der Waals surface area contributed by atoms with Crippen molar-refractivity contribution < 1.29 is 0 Å². The van der Waals surface area contributed by atoms with Gasteiger partial charge in [0.1, 0.15) is 0 Å². The molecule has 1 aromatic carbocycles. The van der Waals surface area contributed by atoms with E-state index < -0.39 is 0 Å². The Morgan fingerprint density at radius 3 is 2.90 bits per heavy atom. The molecule has 0 bridgehead atoms. The Labute approximate surface area is 125 Å². The lowest BCUT2D eigenvalue weighted by Gasteiger charge is -2.15. The predicted octanol–water partition coefficient (Wildman–Crippen LogP) is 3.04. The summed E-state index contributed by atoms with van der Waals surface area (Å²) in [5, 5.41) is 7.63. The second-order valence-electron chi connectivity index (χ2n) is 5.17. The maximum absolute atomic E-state index is 4.21.